The zero-order valence-corrected chi connectivity index (χ0v) is 14.7. The first-order chi connectivity index (χ1) is 9.30. The maximum Gasteiger partial charge on any atom is 0.161 e. The molecule has 20 heavy (non-hydrogen) atoms. The fourth-order valence-corrected chi connectivity index (χ4v) is 3.01. The largest absolute Gasteiger partial charge is 0.493 e. The van der Waals surface area contributed by atoms with Gasteiger partial charge in [-0.2, -0.15) is 16.9 Å². The van der Waals surface area contributed by atoms with Gasteiger partial charge in [0.25, 0.3) is 0 Å². The number of aromatic nitrogens is 2. The number of thioether (sulfide) groups is 1. The van der Waals surface area contributed by atoms with Crippen molar-refractivity contribution in [3.63, 3.8) is 0 Å². The molecule has 0 aromatic carbocycles. The quantitative estimate of drug-likeness (QED) is 0.834. The fraction of sp³-hybridized carbons (Fsp3) is 0.800. The SMILES string of the molecule is CCNC(CSC(C)(C)C)c1c(OC)cnn1C(C)C. The number of hydrogen-bond donors (Lipinski definition) is 1. The van der Waals surface area contributed by atoms with Crippen LogP contribution in [0.15, 0.2) is 6.20 Å². The zero-order valence-electron chi connectivity index (χ0n) is 13.9. The third kappa shape index (κ3) is 4.70. The average molecular weight is 299 g/mol. The van der Waals surface area contributed by atoms with Gasteiger partial charge >= 0.3 is 0 Å². The molecular formula is C15H29N3OS. The second kappa shape index (κ2) is 7.36. The third-order valence-electron chi connectivity index (χ3n) is 2.97. The van der Waals surface area contributed by atoms with E-state index < -0.39 is 0 Å². The highest BCUT2D eigenvalue weighted by Gasteiger charge is 2.24. The van der Waals surface area contributed by atoms with Gasteiger partial charge in [0, 0.05) is 16.5 Å². The minimum absolute atomic E-state index is 0.254. The predicted molar refractivity (Wildman–Crippen MR) is 87.8 cm³/mol. The molecule has 0 spiro atoms. The molecule has 1 atom stereocenters. The van der Waals surface area contributed by atoms with E-state index >= 15 is 0 Å². The van der Waals surface area contributed by atoms with E-state index in [2.05, 4.69) is 56.6 Å². The molecule has 116 valence electrons. The molecule has 0 saturated carbocycles. The van der Waals surface area contributed by atoms with Crippen molar-refractivity contribution in [2.75, 3.05) is 19.4 Å². The lowest BCUT2D eigenvalue weighted by Crippen LogP contribution is -2.28. The summed E-state index contributed by atoms with van der Waals surface area (Å²) < 4.78 is 7.82. The van der Waals surface area contributed by atoms with E-state index in [1.54, 1.807) is 7.11 Å². The summed E-state index contributed by atoms with van der Waals surface area (Å²) in [5, 5.41) is 8.04. The minimum Gasteiger partial charge on any atom is -0.493 e. The van der Waals surface area contributed by atoms with Crippen LogP contribution in [0.5, 0.6) is 5.75 Å². The van der Waals surface area contributed by atoms with E-state index in [1.807, 2.05) is 18.0 Å². The smallest absolute Gasteiger partial charge is 0.161 e. The van der Waals surface area contributed by atoms with Crippen LogP contribution in [0, 0.1) is 0 Å². The Bertz CT molecular complexity index is 410. The first kappa shape index (κ1) is 17.4. The van der Waals surface area contributed by atoms with Gasteiger partial charge in [-0.1, -0.05) is 27.7 Å². The first-order valence-electron chi connectivity index (χ1n) is 7.28. The van der Waals surface area contributed by atoms with Crippen LogP contribution >= 0.6 is 11.8 Å². The summed E-state index contributed by atoms with van der Waals surface area (Å²) in [5.41, 5.74) is 1.15. The maximum atomic E-state index is 5.50. The normalized spacial score (nSPS) is 13.8. The van der Waals surface area contributed by atoms with Crippen molar-refractivity contribution < 1.29 is 4.74 Å². The molecular weight excluding hydrogens is 270 g/mol. The van der Waals surface area contributed by atoms with Crippen molar-refractivity contribution in [1.82, 2.24) is 15.1 Å². The first-order valence-corrected chi connectivity index (χ1v) is 8.27. The summed E-state index contributed by atoms with van der Waals surface area (Å²) in [6, 6.07) is 0.582. The predicted octanol–water partition coefficient (Wildman–Crippen LogP) is 3.65. The van der Waals surface area contributed by atoms with Gasteiger partial charge in [-0.05, 0) is 20.4 Å². The standard InChI is InChI=1S/C15H29N3OS/c1-8-16-12(10-20-15(4,5)6)14-13(19-7)9-17-18(14)11(2)3/h9,11-12,16H,8,10H2,1-7H3. The Morgan fingerprint density at radius 2 is 2.05 bits per heavy atom. The van der Waals surface area contributed by atoms with E-state index in [4.69, 9.17) is 4.74 Å². The molecule has 1 aromatic heterocycles. The van der Waals surface area contributed by atoms with Crippen molar-refractivity contribution in [1.29, 1.82) is 0 Å². The van der Waals surface area contributed by atoms with Gasteiger partial charge in [-0.15, -0.1) is 0 Å². The maximum absolute atomic E-state index is 5.50. The number of rotatable bonds is 7. The van der Waals surface area contributed by atoms with Crippen LogP contribution in [0.3, 0.4) is 0 Å². The number of nitrogens with zero attached hydrogens (tertiary/aromatic N) is 2. The number of nitrogens with one attached hydrogen (secondary N) is 1. The molecule has 0 fully saturated rings. The van der Waals surface area contributed by atoms with E-state index in [9.17, 15) is 0 Å². The Morgan fingerprint density at radius 3 is 2.50 bits per heavy atom. The molecule has 0 aliphatic carbocycles. The number of hydrogen-bond acceptors (Lipinski definition) is 4. The lowest BCUT2D eigenvalue weighted by atomic mass is 10.2. The van der Waals surface area contributed by atoms with E-state index in [1.165, 1.54) is 0 Å². The van der Waals surface area contributed by atoms with E-state index in [0.29, 0.717) is 6.04 Å². The third-order valence-corrected chi connectivity index (χ3v) is 4.34. The van der Waals surface area contributed by atoms with Crippen molar-refractivity contribution >= 4 is 11.8 Å². The molecule has 0 aliphatic rings. The molecule has 4 nitrogen and oxygen atoms in total. The van der Waals surface area contributed by atoms with Gasteiger partial charge in [0.15, 0.2) is 5.75 Å². The van der Waals surface area contributed by atoms with Crippen LogP contribution in [0.1, 0.15) is 59.3 Å². The van der Waals surface area contributed by atoms with Crippen LogP contribution in [-0.2, 0) is 0 Å². The molecule has 1 heterocycles. The lowest BCUT2D eigenvalue weighted by molar-refractivity contribution is 0.391. The Balaban J connectivity index is 3.03. The van der Waals surface area contributed by atoms with Crippen molar-refractivity contribution in [2.24, 2.45) is 0 Å². The van der Waals surface area contributed by atoms with Crippen LogP contribution in [0.25, 0.3) is 0 Å². The van der Waals surface area contributed by atoms with Crippen molar-refractivity contribution in [3.8, 4) is 5.75 Å². The summed E-state index contributed by atoms with van der Waals surface area (Å²) in [4.78, 5) is 0. The van der Waals surface area contributed by atoms with Gasteiger partial charge < -0.3 is 10.1 Å². The number of ether oxygens (including phenoxy) is 1. The average Bonchev–Trinajstić information content (AvgIpc) is 2.77. The summed E-state index contributed by atoms with van der Waals surface area (Å²) >= 11 is 1.96. The highest BCUT2D eigenvalue weighted by molar-refractivity contribution is 8.00. The summed E-state index contributed by atoms with van der Waals surface area (Å²) in [5.74, 6) is 1.88. The topological polar surface area (TPSA) is 39.1 Å². The van der Waals surface area contributed by atoms with Gasteiger partial charge in [-0.3, -0.25) is 4.68 Å². The lowest BCUT2D eigenvalue weighted by Gasteiger charge is -2.25. The Morgan fingerprint density at radius 1 is 1.40 bits per heavy atom. The zero-order chi connectivity index (χ0) is 15.3. The highest BCUT2D eigenvalue weighted by Crippen LogP contribution is 2.33. The molecule has 0 amide bonds. The van der Waals surface area contributed by atoms with Crippen LogP contribution in [-0.4, -0.2) is 33.9 Å². The van der Waals surface area contributed by atoms with Crippen LogP contribution in [0.4, 0.5) is 0 Å². The molecule has 1 rings (SSSR count). The van der Waals surface area contributed by atoms with E-state index in [-0.39, 0.29) is 10.8 Å². The molecule has 0 saturated heterocycles. The molecule has 0 radical (unpaired) electrons. The van der Waals surface area contributed by atoms with Gasteiger partial charge in [0.1, 0.15) is 0 Å². The Hall–Kier alpha value is -0.680. The number of methoxy groups -OCH3 is 1. The molecule has 1 N–H and O–H groups in total. The summed E-state index contributed by atoms with van der Waals surface area (Å²) in [6.07, 6.45) is 1.82. The molecule has 0 aliphatic heterocycles. The van der Waals surface area contributed by atoms with Crippen LogP contribution < -0.4 is 10.1 Å². The van der Waals surface area contributed by atoms with Gasteiger partial charge in [0.05, 0.1) is 25.0 Å². The second-order valence-corrected chi connectivity index (χ2v) is 8.02. The fourth-order valence-electron chi connectivity index (χ4n) is 2.07. The molecule has 0 bridgehead atoms. The summed E-state index contributed by atoms with van der Waals surface area (Å²) in [7, 11) is 1.71. The van der Waals surface area contributed by atoms with Crippen molar-refractivity contribution in [3.05, 3.63) is 11.9 Å². The van der Waals surface area contributed by atoms with Crippen LogP contribution in [0.2, 0.25) is 0 Å². The monoisotopic (exact) mass is 299 g/mol. The molecule has 1 aromatic rings. The Labute approximate surface area is 127 Å². The molecule has 1 unspecified atom stereocenters. The highest BCUT2D eigenvalue weighted by atomic mass is 32.2. The second-order valence-electron chi connectivity index (χ2n) is 6.17. The summed E-state index contributed by atoms with van der Waals surface area (Å²) in [6.45, 7) is 14.1. The Kier molecular flexibility index (Phi) is 6.40. The van der Waals surface area contributed by atoms with Crippen molar-refractivity contribution in [2.45, 2.75) is 58.4 Å². The molecule has 5 heteroatoms. The van der Waals surface area contributed by atoms with Gasteiger partial charge in [-0.25, -0.2) is 0 Å². The van der Waals surface area contributed by atoms with Gasteiger partial charge in [0.2, 0.25) is 0 Å². The minimum atomic E-state index is 0.254. The van der Waals surface area contributed by atoms with E-state index in [0.717, 1.165) is 23.7 Å².